The highest BCUT2D eigenvalue weighted by atomic mass is 35.5. The summed E-state index contributed by atoms with van der Waals surface area (Å²) in [6.07, 6.45) is 0. The number of amides is 2. The highest BCUT2D eigenvalue weighted by Gasteiger charge is 2.66. The summed E-state index contributed by atoms with van der Waals surface area (Å²) in [4.78, 5) is 46.5. The van der Waals surface area contributed by atoms with Crippen LogP contribution < -0.4 is 5.32 Å². The van der Waals surface area contributed by atoms with Crippen molar-refractivity contribution in [1.29, 1.82) is 0 Å². The van der Waals surface area contributed by atoms with Gasteiger partial charge in [0, 0.05) is 25.4 Å². The van der Waals surface area contributed by atoms with Crippen LogP contribution in [0.25, 0.3) is 0 Å². The van der Waals surface area contributed by atoms with E-state index in [-0.39, 0.29) is 23.6 Å². The topological polar surface area (TPSA) is 122 Å². The lowest BCUT2D eigenvalue weighted by Gasteiger charge is -2.55. The number of nitrogens with zero attached hydrogens (tertiary/aromatic N) is 1. The van der Waals surface area contributed by atoms with Crippen LogP contribution in [0.3, 0.4) is 0 Å². The number of carbonyl (C=O) groups excluding carboxylic acids is 3. The first-order chi connectivity index (χ1) is 11.7. The molecule has 25 heavy (non-hydrogen) atoms. The first-order valence-corrected chi connectivity index (χ1v) is 8.77. The highest BCUT2D eigenvalue weighted by molar-refractivity contribution is 8.00. The molecule has 0 radical (unpaired) electrons. The molecule has 1 fully saturated rings. The largest absolute Gasteiger partial charge is 0.477 e. The molecule has 0 spiro atoms. The van der Waals surface area contributed by atoms with Crippen molar-refractivity contribution in [1.82, 2.24) is 10.2 Å². The summed E-state index contributed by atoms with van der Waals surface area (Å²) >= 11 is 12.1. The summed E-state index contributed by atoms with van der Waals surface area (Å²) in [7, 11) is 1.20. The molecule has 0 saturated carbocycles. The quantitative estimate of drug-likeness (QED) is 0.272. The first kappa shape index (κ1) is 19.8. The molecule has 9 nitrogen and oxygen atoms in total. The van der Waals surface area contributed by atoms with Crippen molar-refractivity contribution < 1.29 is 33.8 Å². The number of nitrogens with one attached hydrogen (secondary N) is 1. The maximum Gasteiger partial charge on any atom is 0.352 e. The van der Waals surface area contributed by atoms with Crippen molar-refractivity contribution in [2.24, 2.45) is 0 Å². The second-order valence-corrected chi connectivity index (χ2v) is 7.27. The molecule has 138 valence electrons. The minimum absolute atomic E-state index is 0.162. The monoisotopic (exact) mass is 412 g/mol. The van der Waals surface area contributed by atoms with E-state index in [0.717, 1.165) is 16.7 Å². The van der Waals surface area contributed by atoms with Crippen LogP contribution in [0.4, 0.5) is 0 Å². The normalized spacial score (nSPS) is 25.4. The molecule has 12 heteroatoms. The Labute approximate surface area is 156 Å². The van der Waals surface area contributed by atoms with E-state index in [4.69, 9.17) is 32.7 Å². The van der Waals surface area contributed by atoms with Gasteiger partial charge in [0.2, 0.25) is 0 Å². The van der Waals surface area contributed by atoms with E-state index in [0.29, 0.717) is 0 Å². The van der Waals surface area contributed by atoms with Crippen LogP contribution in [-0.4, -0.2) is 69.2 Å². The fourth-order valence-corrected chi connectivity index (χ4v) is 4.01. The molecule has 0 aliphatic carbocycles. The van der Waals surface area contributed by atoms with E-state index in [1.54, 1.807) is 0 Å². The Morgan fingerprint density at radius 2 is 2.12 bits per heavy atom. The molecule has 0 aromatic heterocycles. The number of hydrogen-bond donors (Lipinski definition) is 2. The molecule has 0 aromatic rings. The van der Waals surface area contributed by atoms with E-state index in [2.05, 4.69) is 5.32 Å². The fraction of sp³-hybridized carbons (Fsp3) is 0.538. The van der Waals surface area contributed by atoms with Gasteiger partial charge in [0.15, 0.2) is 4.84 Å². The number of aliphatic carboxylic acids is 1. The van der Waals surface area contributed by atoms with Gasteiger partial charge in [-0.25, -0.2) is 4.79 Å². The van der Waals surface area contributed by atoms with Crippen molar-refractivity contribution in [2.45, 2.75) is 22.9 Å². The van der Waals surface area contributed by atoms with Gasteiger partial charge in [-0.2, -0.15) is 0 Å². The third-order valence-corrected chi connectivity index (χ3v) is 5.36. The number of fused-ring (bicyclic) bond motifs is 1. The second-order valence-electron chi connectivity index (χ2n) is 5.11. The summed E-state index contributed by atoms with van der Waals surface area (Å²) in [6, 6.07) is 0. The van der Waals surface area contributed by atoms with Crippen LogP contribution in [0.2, 0.25) is 0 Å². The van der Waals surface area contributed by atoms with Crippen LogP contribution in [-0.2, 0) is 28.7 Å². The third-order valence-electron chi connectivity index (χ3n) is 3.59. The Morgan fingerprint density at radius 3 is 2.60 bits per heavy atom. The average molecular weight is 413 g/mol. The van der Waals surface area contributed by atoms with Gasteiger partial charge in [-0.05, 0) is 0 Å². The standard InChI is InChI=1S/C13H14Cl2N2O7S/c1-5(18)24-3-6-4-25-12-13(23-2,16-9(19)8(14)15)11(22)17(12)7(6)10(20)21/h8,12H,3-4H2,1-2H3,(H,16,19)(H,20,21)/t12-,13+/m1/s1. The lowest BCUT2D eigenvalue weighted by molar-refractivity contribution is -0.192. The number of ether oxygens (including phenoxy) is 2. The maximum absolute atomic E-state index is 12.6. The van der Waals surface area contributed by atoms with Crippen molar-refractivity contribution in [3.05, 3.63) is 11.3 Å². The molecule has 1 saturated heterocycles. The SMILES string of the molecule is CO[C@@]1(NC(=O)C(Cl)Cl)C(=O)N2C(C(=O)O)=C(COC(C)=O)CS[C@@H]21. The van der Waals surface area contributed by atoms with Crippen LogP contribution in [0.15, 0.2) is 11.3 Å². The van der Waals surface area contributed by atoms with Gasteiger partial charge < -0.3 is 19.9 Å². The average Bonchev–Trinajstić information content (AvgIpc) is 2.55. The van der Waals surface area contributed by atoms with Gasteiger partial charge in [0.25, 0.3) is 17.5 Å². The summed E-state index contributed by atoms with van der Waals surface area (Å²) in [6.45, 7) is 0.938. The molecule has 2 N–H and O–H groups in total. The van der Waals surface area contributed by atoms with Gasteiger partial charge in [0.1, 0.15) is 17.7 Å². The van der Waals surface area contributed by atoms with E-state index in [9.17, 15) is 24.3 Å². The number of esters is 1. The molecule has 2 aliphatic heterocycles. The van der Waals surface area contributed by atoms with Gasteiger partial charge >= 0.3 is 11.9 Å². The molecule has 0 aromatic carbocycles. The second kappa shape index (κ2) is 7.40. The number of methoxy groups -OCH3 is 1. The van der Waals surface area contributed by atoms with Crippen LogP contribution in [0, 0.1) is 0 Å². The minimum atomic E-state index is -1.77. The molecule has 0 bridgehead atoms. The Kier molecular flexibility index (Phi) is 5.87. The zero-order valence-electron chi connectivity index (χ0n) is 13.1. The number of carboxylic acids is 1. The van der Waals surface area contributed by atoms with E-state index in [1.807, 2.05) is 0 Å². The minimum Gasteiger partial charge on any atom is -0.477 e. The fourth-order valence-electron chi connectivity index (χ4n) is 2.48. The van der Waals surface area contributed by atoms with Crippen LogP contribution in [0.5, 0.6) is 0 Å². The molecule has 2 amide bonds. The summed E-state index contributed by atoms with van der Waals surface area (Å²) in [5, 5.41) is 10.9. The number of alkyl halides is 2. The van der Waals surface area contributed by atoms with Gasteiger partial charge in [-0.1, -0.05) is 23.2 Å². The van der Waals surface area contributed by atoms with Crippen molar-refractivity contribution >= 4 is 58.7 Å². The molecule has 2 rings (SSSR count). The lowest BCUT2D eigenvalue weighted by atomic mass is 9.98. The Balaban J connectivity index is 2.32. The molecule has 2 atom stereocenters. The summed E-state index contributed by atoms with van der Waals surface area (Å²) in [5.74, 6) is -3.40. The molecule has 2 heterocycles. The molecular formula is C13H14Cl2N2O7S. The highest BCUT2D eigenvalue weighted by Crippen LogP contribution is 2.46. The van der Waals surface area contributed by atoms with Crippen molar-refractivity contribution in [2.75, 3.05) is 19.5 Å². The molecular weight excluding hydrogens is 399 g/mol. The number of carboxylic acid groups (broad SMARTS) is 1. The Morgan fingerprint density at radius 1 is 1.48 bits per heavy atom. The predicted molar refractivity (Wildman–Crippen MR) is 87.8 cm³/mol. The summed E-state index contributed by atoms with van der Waals surface area (Å²) in [5.41, 5.74) is -1.80. The number of halogens is 2. The number of carbonyl (C=O) groups is 4. The number of thioether (sulfide) groups is 1. The van der Waals surface area contributed by atoms with Crippen molar-refractivity contribution in [3.63, 3.8) is 0 Å². The Hall–Kier alpha value is -1.49. The Bertz CT molecular complexity index is 669. The van der Waals surface area contributed by atoms with Crippen LogP contribution >= 0.6 is 35.0 Å². The van der Waals surface area contributed by atoms with Crippen LogP contribution in [0.1, 0.15) is 6.92 Å². The van der Waals surface area contributed by atoms with Crippen molar-refractivity contribution in [3.8, 4) is 0 Å². The van der Waals surface area contributed by atoms with E-state index < -0.39 is 39.7 Å². The van der Waals surface area contributed by atoms with Gasteiger partial charge in [0.05, 0.1) is 0 Å². The number of rotatable bonds is 6. The summed E-state index contributed by atoms with van der Waals surface area (Å²) < 4.78 is 10.0. The zero-order valence-corrected chi connectivity index (χ0v) is 15.4. The molecule has 2 aliphatic rings. The van der Waals surface area contributed by atoms with E-state index >= 15 is 0 Å². The zero-order chi connectivity index (χ0) is 18.9. The smallest absolute Gasteiger partial charge is 0.352 e. The van der Waals surface area contributed by atoms with Gasteiger partial charge in [-0.15, -0.1) is 11.8 Å². The molecule has 0 unspecified atom stereocenters. The third kappa shape index (κ3) is 3.43. The lowest BCUT2D eigenvalue weighted by Crippen LogP contribution is -2.81. The predicted octanol–water partition coefficient (Wildman–Crippen LogP) is 0.0659. The maximum atomic E-state index is 12.6. The first-order valence-electron chi connectivity index (χ1n) is 6.85. The van der Waals surface area contributed by atoms with E-state index in [1.165, 1.54) is 14.0 Å². The number of hydrogen-bond acceptors (Lipinski definition) is 7. The van der Waals surface area contributed by atoms with Gasteiger partial charge in [-0.3, -0.25) is 19.3 Å². The number of β-lactam (4-membered cyclic amide) rings is 1.